The van der Waals surface area contributed by atoms with Crippen LogP contribution in [0.2, 0.25) is 0 Å². The van der Waals surface area contributed by atoms with Crippen LogP contribution in [0.4, 0.5) is 0 Å². The van der Waals surface area contributed by atoms with E-state index in [1.54, 1.807) is 48.5 Å². The summed E-state index contributed by atoms with van der Waals surface area (Å²) in [6.45, 7) is 0. The van der Waals surface area contributed by atoms with Crippen molar-refractivity contribution in [2.24, 2.45) is 4.40 Å². The van der Waals surface area contributed by atoms with E-state index in [-0.39, 0.29) is 26.6 Å². The third-order valence-electron chi connectivity index (χ3n) is 4.54. The molecule has 0 radical (unpaired) electrons. The van der Waals surface area contributed by atoms with Gasteiger partial charge in [0.2, 0.25) is 15.6 Å². The summed E-state index contributed by atoms with van der Waals surface area (Å²) >= 11 is 0. The van der Waals surface area contributed by atoms with Crippen molar-refractivity contribution in [1.82, 2.24) is 0 Å². The molecule has 3 aromatic carbocycles. The first-order valence-corrected chi connectivity index (χ1v) is 11.8. The van der Waals surface area contributed by atoms with Crippen LogP contribution in [-0.2, 0) is 19.9 Å². The van der Waals surface area contributed by atoms with Crippen molar-refractivity contribution in [3.8, 4) is 0 Å². The van der Waals surface area contributed by atoms with E-state index >= 15 is 0 Å². The maximum absolute atomic E-state index is 13.1. The zero-order valence-electron chi connectivity index (χ0n) is 15.5. The Hall–Kier alpha value is -3.36. The number of Topliss-reactive ketones (excluding diaryl/α,β-unsaturated/α-hetero) is 1. The van der Waals surface area contributed by atoms with Crippen molar-refractivity contribution in [3.63, 3.8) is 0 Å². The van der Waals surface area contributed by atoms with E-state index in [0.29, 0.717) is 0 Å². The van der Waals surface area contributed by atoms with Gasteiger partial charge >= 0.3 is 0 Å². The van der Waals surface area contributed by atoms with Crippen LogP contribution in [0.1, 0.15) is 15.9 Å². The van der Waals surface area contributed by atoms with E-state index in [9.17, 15) is 21.6 Å². The molecule has 0 aliphatic heterocycles. The first-order chi connectivity index (χ1) is 14.3. The standard InChI is InChI=1S/C22H15NO5S2/c24-22-19-14-8-7-13-18(19)20(23-30(27,28)17-11-5-2-6-12-17)15-21(22)29(25,26)16-9-3-1-4-10-16/h1-15H. The molecule has 0 unspecified atom stereocenters. The van der Waals surface area contributed by atoms with Crippen LogP contribution in [0.25, 0.3) is 0 Å². The second kappa shape index (κ2) is 7.47. The average molecular weight is 437 g/mol. The minimum Gasteiger partial charge on any atom is -0.288 e. The zero-order chi connectivity index (χ0) is 21.4. The van der Waals surface area contributed by atoms with Crippen LogP contribution in [0.15, 0.2) is 110 Å². The quantitative estimate of drug-likeness (QED) is 0.623. The number of nitrogens with zero attached hydrogens (tertiary/aromatic N) is 1. The third kappa shape index (κ3) is 3.51. The molecule has 4 rings (SSSR count). The van der Waals surface area contributed by atoms with Crippen LogP contribution < -0.4 is 0 Å². The lowest BCUT2D eigenvalue weighted by molar-refractivity contribution is 0.104. The van der Waals surface area contributed by atoms with Gasteiger partial charge in [-0.15, -0.1) is 0 Å². The van der Waals surface area contributed by atoms with Gasteiger partial charge in [0.25, 0.3) is 10.0 Å². The SMILES string of the molecule is O=C1C(S(=O)(=O)c2ccccc2)=CC(=NS(=O)(=O)c2ccccc2)c2ccccc21. The molecule has 0 aromatic heterocycles. The summed E-state index contributed by atoms with van der Waals surface area (Å²) < 4.78 is 55.6. The number of carbonyl (C=O) groups excluding carboxylic acids is 1. The molecule has 3 aromatic rings. The molecule has 0 fully saturated rings. The molecule has 8 heteroatoms. The molecule has 6 nitrogen and oxygen atoms in total. The summed E-state index contributed by atoms with van der Waals surface area (Å²) in [6.07, 6.45) is 1.04. The van der Waals surface area contributed by atoms with Crippen molar-refractivity contribution in [1.29, 1.82) is 0 Å². The molecule has 0 N–H and O–H groups in total. The summed E-state index contributed by atoms with van der Waals surface area (Å²) in [5, 5.41) is 0. The summed E-state index contributed by atoms with van der Waals surface area (Å²) in [7, 11) is -8.29. The number of hydrogen-bond donors (Lipinski definition) is 0. The molecule has 0 saturated carbocycles. The number of sulfone groups is 1. The molecule has 0 saturated heterocycles. The lowest BCUT2D eigenvalue weighted by Crippen LogP contribution is -2.23. The fourth-order valence-electron chi connectivity index (χ4n) is 3.08. The van der Waals surface area contributed by atoms with Gasteiger partial charge in [-0.1, -0.05) is 60.7 Å². The molecule has 1 aliphatic rings. The monoisotopic (exact) mass is 437 g/mol. The van der Waals surface area contributed by atoms with Crippen LogP contribution in [-0.4, -0.2) is 28.3 Å². The van der Waals surface area contributed by atoms with Gasteiger partial charge in [-0.2, -0.15) is 12.8 Å². The van der Waals surface area contributed by atoms with Crippen molar-refractivity contribution in [3.05, 3.63) is 107 Å². The Bertz CT molecular complexity index is 1410. The predicted molar refractivity (Wildman–Crippen MR) is 113 cm³/mol. The highest BCUT2D eigenvalue weighted by Gasteiger charge is 2.34. The minimum atomic E-state index is -4.17. The first-order valence-electron chi connectivity index (χ1n) is 8.87. The van der Waals surface area contributed by atoms with Crippen LogP contribution in [0.5, 0.6) is 0 Å². The number of ketones is 1. The first kappa shape index (κ1) is 19.9. The summed E-state index contributed by atoms with van der Waals surface area (Å²) in [5.74, 6) is -0.703. The second-order valence-corrected chi connectivity index (χ2v) is 9.99. The van der Waals surface area contributed by atoms with Gasteiger partial charge in [0.1, 0.15) is 4.91 Å². The highest BCUT2D eigenvalue weighted by atomic mass is 32.2. The zero-order valence-corrected chi connectivity index (χ0v) is 17.1. The summed E-state index contributed by atoms with van der Waals surface area (Å²) in [4.78, 5) is 12.4. The highest BCUT2D eigenvalue weighted by Crippen LogP contribution is 2.29. The Morgan fingerprint density at radius 2 is 1.10 bits per heavy atom. The van der Waals surface area contributed by atoms with Crippen molar-refractivity contribution in [2.75, 3.05) is 0 Å². The molecule has 0 heterocycles. The normalized spacial score (nSPS) is 15.5. The van der Waals surface area contributed by atoms with Gasteiger partial charge in [0.05, 0.1) is 15.5 Å². The fraction of sp³-hybridized carbons (Fsp3) is 0. The van der Waals surface area contributed by atoms with E-state index < -0.39 is 30.5 Å². The Kier molecular flexibility index (Phi) is 4.97. The van der Waals surface area contributed by atoms with Gasteiger partial charge in [-0.25, -0.2) is 8.42 Å². The molecule has 1 aliphatic carbocycles. The largest absolute Gasteiger partial charge is 0.288 e. The predicted octanol–water partition coefficient (Wildman–Crippen LogP) is 3.42. The number of carbonyl (C=O) groups is 1. The van der Waals surface area contributed by atoms with Crippen LogP contribution in [0, 0.1) is 0 Å². The van der Waals surface area contributed by atoms with E-state index in [2.05, 4.69) is 4.40 Å². The molecule has 0 spiro atoms. The maximum Gasteiger partial charge on any atom is 0.282 e. The third-order valence-corrected chi connectivity index (χ3v) is 7.62. The second-order valence-electron chi connectivity index (χ2n) is 6.46. The lowest BCUT2D eigenvalue weighted by atomic mass is 9.94. The average Bonchev–Trinajstić information content (AvgIpc) is 2.77. The minimum absolute atomic E-state index is 0.0345. The Balaban J connectivity index is 1.94. The van der Waals surface area contributed by atoms with E-state index in [0.717, 1.165) is 6.08 Å². The Morgan fingerprint density at radius 3 is 1.70 bits per heavy atom. The van der Waals surface area contributed by atoms with Crippen molar-refractivity contribution in [2.45, 2.75) is 9.79 Å². The molecular formula is C22H15NO5S2. The topological polar surface area (TPSA) is 97.7 Å². The number of fused-ring (bicyclic) bond motifs is 1. The van der Waals surface area contributed by atoms with Gasteiger partial charge < -0.3 is 0 Å². The number of sulfonamides is 1. The molecule has 0 bridgehead atoms. The Morgan fingerprint density at radius 1 is 0.600 bits per heavy atom. The van der Waals surface area contributed by atoms with E-state index in [1.807, 2.05) is 0 Å². The van der Waals surface area contributed by atoms with Gasteiger partial charge in [0, 0.05) is 11.1 Å². The van der Waals surface area contributed by atoms with Gasteiger partial charge in [-0.05, 0) is 30.3 Å². The smallest absolute Gasteiger partial charge is 0.282 e. The fourth-order valence-corrected chi connectivity index (χ4v) is 5.49. The number of rotatable bonds is 4. The highest BCUT2D eigenvalue weighted by molar-refractivity contribution is 7.96. The lowest BCUT2D eigenvalue weighted by Gasteiger charge is -2.17. The number of allylic oxidation sites excluding steroid dienone is 2. The summed E-state index contributed by atoms with van der Waals surface area (Å²) in [5.41, 5.74) is 0.231. The maximum atomic E-state index is 13.1. The molecule has 0 amide bonds. The van der Waals surface area contributed by atoms with Crippen molar-refractivity contribution >= 4 is 31.4 Å². The number of hydrogen-bond acceptors (Lipinski definition) is 5. The summed E-state index contributed by atoms with van der Waals surface area (Å²) in [6, 6.07) is 21.3. The van der Waals surface area contributed by atoms with Crippen LogP contribution in [0.3, 0.4) is 0 Å². The molecule has 30 heavy (non-hydrogen) atoms. The van der Waals surface area contributed by atoms with Crippen molar-refractivity contribution < 1.29 is 21.6 Å². The van der Waals surface area contributed by atoms with E-state index in [1.165, 1.54) is 36.4 Å². The Labute approximate surface area is 174 Å². The van der Waals surface area contributed by atoms with E-state index in [4.69, 9.17) is 0 Å². The van der Waals surface area contributed by atoms with Crippen LogP contribution >= 0.6 is 0 Å². The van der Waals surface area contributed by atoms with Gasteiger partial charge in [0.15, 0.2) is 0 Å². The van der Waals surface area contributed by atoms with Gasteiger partial charge in [-0.3, -0.25) is 4.79 Å². The number of benzene rings is 3. The molecular weight excluding hydrogens is 422 g/mol. The molecule has 0 atom stereocenters. The molecule has 150 valence electrons.